The molecule has 1 fully saturated rings. The normalized spacial score (nSPS) is 13.7. The van der Waals surface area contributed by atoms with Crippen LogP contribution in [0.2, 0.25) is 0 Å². The van der Waals surface area contributed by atoms with Crippen molar-refractivity contribution in [3.63, 3.8) is 0 Å². The van der Waals surface area contributed by atoms with E-state index in [1.54, 1.807) is 47.4 Å². The number of urea groups is 1. The maximum Gasteiger partial charge on any atom is 0.324 e. The molecule has 1 heterocycles. The smallest absolute Gasteiger partial charge is 0.322 e. The lowest BCUT2D eigenvalue weighted by Crippen LogP contribution is -2.49. The SMILES string of the molecule is CC(=O)c1ccc(NC(=O)c2cccc(N3CCCN(Cc4ccc(C)cc4)C3=O)c2)cc1. The molecule has 1 saturated heterocycles. The van der Waals surface area contributed by atoms with Gasteiger partial charge >= 0.3 is 6.03 Å². The molecule has 0 aliphatic carbocycles. The molecule has 0 atom stereocenters. The van der Waals surface area contributed by atoms with Crippen LogP contribution < -0.4 is 10.2 Å². The van der Waals surface area contributed by atoms with Gasteiger partial charge in [0.1, 0.15) is 0 Å². The summed E-state index contributed by atoms with van der Waals surface area (Å²) in [5, 5.41) is 2.85. The molecule has 1 aliphatic rings. The zero-order valence-corrected chi connectivity index (χ0v) is 18.9. The summed E-state index contributed by atoms with van der Waals surface area (Å²) in [6.45, 7) is 5.43. The van der Waals surface area contributed by atoms with Crippen molar-refractivity contribution in [1.82, 2.24) is 4.90 Å². The number of nitrogens with one attached hydrogen (secondary N) is 1. The molecule has 0 aromatic heterocycles. The van der Waals surface area contributed by atoms with E-state index in [2.05, 4.69) is 29.6 Å². The minimum atomic E-state index is -0.270. The Labute approximate surface area is 193 Å². The lowest BCUT2D eigenvalue weighted by atomic mass is 10.1. The van der Waals surface area contributed by atoms with E-state index in [0.717, 1.165) is 12.0 Å². The number of nitrogens with zero attached hydrogens (tertiary/aromatic N) is 2. The maximum absolute atomic E-state index is 13.2. The molecule has 3 aromatic rings. The molecule has 3 aromatic carbocycles. The first-order chi connectivity index (χ1) is 15.9. The summed E-state index contributed by atoms with van der Waals surface area (Å²) in [6.07, 6.45) is 0.858. The van der Waals surface area contributed by atoms with Gasteiger partial charge in [0, 0.05) is 42.1 Å². The first-order valence-electron chi connectivity index (χ1n) is 11.0. The predicted octanol–water partition coefficient (Wildman–Crippen LogP) is 5.28. The van der Waals surface area contributed by atoms with Crippen LogP contribution in [0.15, 0.2) is 72.8 Å². The van der Waals surface area contributed by atoms with Crippen molar-refractivity contribution < 1.29 is 14.4 Å². The summed E-state index contributed by atoms with van der Waals surface area (Å²) in [6, 6.07) is 22.0. The van der Waals surface area contributed by atoms with Crippen molar-refractivity contribution in [3.05, 3.63) is 95.1 Å². The molecule has 1 aliphatic heterocycles. The Balaban J connectivity index is 1.46. The molecule has 0 bridgehead atoms. The maximum atomic E-state index is 13.2. The van der Waals surface area contributed by atoms with Crippen molar-refractivity contribution in [1.29, 1.82) is 0 Å². The highest BCUT2D eigenvalue weighted by molar-refractivity contribution is 6.05. The molecule has 0 radical (unpaired) electrons. The molecule has 0 unspecified atom stereocenters. The molecule has 168 valence electrons. The second-order valence-corrected chi connectivity index (χ2v) is 8.33. The van der Waals surface area contributed by atoms with E-state index in [4.69, 9.17) is 0 Å². The van der Waals surface area contributed by atoms with E-state index in [-0.39, 0.29) is 17.7 Å². The van der Waals surface area contributed by atoms with Gasteiger partial charge in [-0.3, -0.25) is 14.5 Å². The van der Waals surface area contributed by atoms with Gasteiger partial charge in [0.25, 0.3) is 5.91 Å². The van der Waals surface area contributed by atoms with Crippen LogP contribution in [0.1, 0.15) is 45.2 Å². The van der Waals surface area contributed by atoms with E-state index in [1.165, 1.54) is 12.5 Å². The molecule has 0 saturated carbocycles. The van der Waals surface area contributed by atoms with Crippen molar-refractivity contribution in [2.45, 2.75) is 26.8 Å². The number of carbonyl (C=O) groups excluding carboxylic acids is 3. The molecule has 4 rings (SSSR count). The lowest BCUT2D eigenvalue weighted by molar-refractivity contribution is 0.101. The van der Waals surface area contributed by atoms with Gasteiger partial charge in [-0.15, -0.1) is 0 Å². The van der Waals surface area contributed by atoms with Crippen LogP contribution >= 0.6 is 0 Å². The van der Waals surface area contributed by atoms with E-state index < -0.39 is 0 Å². The Morgan fingerprint density at radius 3 is 2.33 bits per heavy atom. The Bertz CT molecular complexity index is 1170. The van der Waals surface area contributed by atoms with Gasteiger partial charge in [0.2, 0.25) is 0 Å². The average molecular weight is 442 g/mol. The zero-order chi connectivity index (χ0) is 23.4. The third-order valence-electron chi connectivity index (χ3n) is 5.77. The standard InChI is InChI=1S/C27H27N3O3/c1-19-7-9-21(10-8-19)18-29-15-4-16-30(27(29)33)25-6-3-5-23(17-25)26(32)28-24-13-11-22(12-14-24)20(2)31/h3,5-14,17H,4,15-16,18H2,1-2H3,(H,28,32). The Kier molecular flexibility index (Phi) is 6.54. The van der Waals surface area contributed by atoms with Gasteiger partial charge in [-0.05, 0) is 68.3 Å². The van der Waals surface area contributed by atoms with Crippen molar-refractivity contribution in [2.75, 3.05) is 23.3 Å². The number of anilines is 2. The monoisotopic (exact) mass is 441 g/mol. The molecule has 6 nitrogen and oxygen atoms in total. The third-order valence-corrected chi connectivity index (χ3v) is 5.77. The highest BCUT2D eigenvalue weighted by atomic mass is 16.2. The van der Waals surface area contributed by atoms with Crippen LogP contribution in [0.5, 0.6) is 0 Å². The second kappa shape index (κ2) is 9.69. The third kappa shape index (κ3) is 5.29. The summed E-state index contributed by atoms with van der Waals surface area (Å²) in [7, 11) is 0. The van der Waals surface area contributed by atoms with Crippen LogP contribution in [-0.4, -0.2) is 35.7 Å². The fourth-order valence-electron chi connectivity index (χ4n) is 3.89. The number of Topliss-reactive ketones (excluding diaryl/α,β-unsaturated/α-hetero) is 1. The first kappa shape index (κ1) is 22.3. The summed E-state index contributed by atoms with van der Waals surface area (Å²) in [5.74, 6) is -0.295. The van der Waals surface area contributed by atoms with E-state index in [0.29, 0.717) is 42.1 Å². The fraction of sp³-hybridized carbons (Fsp3) is 0.222. The van der Waals surface area contributed by atoms with Gasteiger partial charge in [-0.25, -0.2) is 4.79 Å². The summed E-state index contributed by atoms with van der Waals surface area (Å²) >= 11 is 0. The molecular formula is C27H27N3O3. The molecule has 6 heteroatoms. The van der Waals surface area contributed by atoms with Crippen LogP contribution in [0.4, 0.5) is 16.2 Å². The number of ketones is 1. The van der Waals surface area contributed by atoms with Crippen LogP contribution in [0.3, 0.4) is 0 Å². The zero-order valence-electron chi connectivity index (χ0n) is 18.9. The number of benzene rings is 3. The molecular weight excluding hydrogens is 414 g/mol. The Hall–Kier alpha value is -3.93. The molecule has 1 N–H and O–H groups in total. The average Bonchev–Trinajstić information content (AvgIpc) is 2.82. The molecule has 0 spiro atoms. The van der Waals surface area contributed by atoms with Crippen molar-refractivity contribution in [3.8, 4) is 0 Å². The number of amides is 3. The topological polar surface area (TPSA) is 69.7 Å². The van der Waals surface area contributed by atoms with Gasteiger partial charge in [0.15, 0.2) is 5.78 Å². The van der Waals surface area contributed by atoms with Crippen LogP contribution in [0, 0.1) is 6.92 Å². The van der Waals surface area contributed by atoms with Gasteiger partial charge in [-0.1, -0.05) is 35.9 Å². The van der Waals surface area contributed by atoms with Crippen molar-refractivity contribution in [2.24, 2.45) is 0 Å². The molecule has 33 heavy (non-hydrogen) atoms. The van der Waals surface area contributed by atoms with Crippen LogP contribution in [0.25, 0.3) is 0 Å². The minimum Gasteiger partial charge on any atom is -0.322 e. The Morgan fingerprint density at radius 1 is 0.909 bits per heavy atom. The summed E-state index contributed by atoms with van der Waals surface area (Å²) in [4.78, 5) is 41.0. The largest absolute Gasteiger partial charge is 0.324 e. The first-order valence-corrected chi connectivity index (χ1v) is 11.0. The van der Waals surface area contributed by atoms with Crippen LogP contribution in [-0.2, 0) is 6.54 Å². The number of aryl methyl sites for hydroxylation is 1. The van der Waals surface area contributed by atoms with E-state index in [9.17, 15) is 14.4 Å². The fourth-order valence-corrected chi connectivity index (χ4v) is 3.89. The molecule has 3 amide bonds. The van der Waals surface area contributed by atoms with E-state index in [1.807, 2.05) is 17.9 Å². The van der Waals surface area contributed by atoms with Gasteiger partial charge in [-0.2, -0.15) is 0 Å². The number of carbonyl (C=O) groups is 3. The second-order valence-electron chi connectivity index (χ2n) is 8.33. The number of hydrogen-bond donors (Lipinski definition) is 1. The minimum absolute atomic E-state index is 0.0248. The Morgan fingerprint density at radius 2 is 1.64 bits per heavy atom. The highest BCUT2D eigenvalue weighted by Gasteiger charge is 2.27. The summed E-state index contributed by atoms with van der Waals surface area (Å²) < 4.78 is 0. The quantitative estimate of drug-likeness (QED) is 0.529. The lowest BCUT2D eigenvalue weighted by Gasteiger charge is -2.36. The summed E-state index contributed by atoms with van der Waals surface area (Å²) in [5.41, 5.74) is 4.65. The van der Waals surface area contributed by atoms with E-state index >= 15 is 0 Å². The number of hydrogen-bond acceptors (Lipinski definition) is 3. The van der Waals surface area contributed by atoms with Gasteiger partial charge in [0.05, 0.1) is 0 Å². The van der Waals surface area contributed by atoms with Crippen molar-refractivity contribution >= 4 is 29.1 Å². The predicted molar refractivity (Wildman–Crippen MR) is 130 cm³/mol. The van der Waals surface area contributed by atoms with Gasteiger partial charge < -0.3 is 10.2 Å². The number of rotatable bonds is 6. The highest BCUT2D eigenvalue weighted by Crippen LogP contribution is 2.23.